The molecule has 0 radical (unpaired) electrons. The Morgan fingerprint density at radius 2 is 1.94 bits per heavy atom. The molecule has 0 spiro atoms. The van der Waals surface area contributed by atoms with Crippen LogP contribution in [-0.2, 0) is 6.18 Å². The molecule has 0 aromatic heterocycles. The van der Waals surface area contributed by atoms with Gasteiger partial charge in [-0.15, -0.1) is 0 Å². The number of hydrogen-bond acceptors (Lipinski definition) is 2. The zero-order valence-corrected chi connectivity index (χ0v) is 8.85. The van der Waals surface area contributed by atoms with Crippen molar-refractivity contribution >= 4 is 5.78 Å². The molecule has 1 N–H and O–H groups in total. The van der Waals surface area contributed by atoms with E-state index in [9.17, 15) is 23.1 Å². The van der Waals surface area contributed by atoms with E-state index in [0.717, 1.165) is 0 Å². The lowest BCUT2D eigenvalue weighted by atomic mass is 10.0. The molecule has 0 fully saturated rings. The van der Waals surface area contributed by atoms with E-state index in [1.54, 1.807) is 6.92 Å². The van der Waals surface area contributed by atoms with E-state index in [1.807, 2.05) is 0 Å². The lowest BCUT2D eigenvalue weighted by Gasteiger charge is -2.12. The average molecular weight is 232 g/mol. The number of phenolic OH excluding ortho intramolecular Hbond substituents is 1. The van der Waals surface area contributed by atoms with Crippen LogP contribution in [-0.4, -0.2) is 10.9 Å². The van der Waals surface area contributed by atoms with Gasteiger partial charge in [-0.3, -0.25) is 4.79 Å². The van der Waals surface area contributed by atoms with Gasteiger partial charge in [-0.2, -0.15) is 13.2 Å². The molecule has 0 atom stereocenters. The number of alkyl halides is 3. The molecule has 16 heavy (non-hydrogen) atoms. The molecular weight excluding hydrogens is 221 g/mol. The Morgan fingerprint density at radius 3 is 2.38 bits per heavy atom. The van der Waals surface area contributed by atoms with Crippen LogP contribution in [0.2, 0.25) is 0 Å². The number of hydrogen-bond donors (Lipinski definition) is 1. The summed E-state index contributed by atoms with van der Waals surface area (Å²) < 4.78 is 37.5. The first-order valence-electron chi connectivity index (χ1n) is 4.71. The van der Waals surface area contributed by atoms with E-state index in [0.29, 0.717) is 6.07 Å². The molecule has 1 aromatic rings. The van der Waals surface area contributed by atoms with Crippen molar-refractivity contribution < 1.29 is 23.1 Å². The van der Waals surface area contributed by atoms with Crippen LogP contribution in [0.15, 0.2) is 12.1 Å². The van der Waals surface area contributed by atoms with Gasteiger partial charge in [-0.1, -0.05) is 6.92 Å². The number of carbonyl (C=O) groups excluding carboxylic acids is 1. The lowest BCUT2D eigenvalue weighted by molar-refractivity contribution is -0.138. The van der Waals surface area contributed by atoms with Gasteiger partial charge in [0.25, 0.3) is 0 Å². The van der Waals surface area contributed by atoms with Crippen LogP contribution < -0.4 is 0 Å². The Hall–Kier alpha value is -1.52. The maximum Gasteiger partial charge on any atom is 0.419 e. The van der Waals surface area contributed by atoms with Crippen LogP contribution in [0.1, 0.15) is 34.8 Å². The Morgan fingerprint density at radius 1 is 1.38 bits per heavy atom. The van der Waals surface area contributed by atoms with Gasteiger partial charge in [0, 0.05) is 12.0 Å². The largest absolute Gasteiger partial charge is 0.507 e. The fraction of sp³-hybridized carbons (Fsp3) is 0.364. The standard InChI is InChI=1S/C11H11F3O2/c1-3-9(15)7-4-6(2)10(16)8(5-7)11(12,13)14/h4-5,16H,3H2,1-2H3. The average Bonchev–Trinajstić information content (AvgIpc) is 2.18. The van der Waals surface area contributed by atoms with Crippen molar-refractivity contribution in [3.8, 4) is 5.75 Å². The van der Waals surface area contributed by atoms with Crippen molar-refractivity contribution in [2.75, 3.05) is 0 Å². The quantitative estimate of drug-likeness (QED) is 0.794. The number of aromatic hydroxyl groups is 1. The molecule has 0 aliphatic heterocycles. The molecule has 0 saturated heterocycles. The summed E-state index contributed by atoms with van der Waals surface area (Å²) >= 11 is 0. The first-order chi connectivity index (χ1) is 7.27. The van der Waals surface area contributed by atoms with Gasteiger partial charge in [-0.05, 0) is 24.6 Å². The van der Waals surface area contributed by atoms with Crippen LogP contribution in [0.25, 0.3) is 0 Å². The minimum absolute atomic E-state index is 0.0230. The number of carbonyl (C=O) groups is 1. The Bertz CT molecular complexity index is 422. The maximum absolute atomic E-state index is 12.5. The molecule has 0 aliphatic carbocycles. The maximum atomic E-state index is 12.5. The molecule has 0 bridgehead atoms. The molecule has 0 aliphatic rings. The molecule has 1 rings (SSSR count). The minimum Gasteiger partial charge on any atom is -0.507 e. The van der Waals surface area contributed by atoms with Gasteiger partial charge < -0.3 is 5.11 Å². The minimum atomic E-state index is -4.65. The van der Waals surface area contributed by atoms with Crippen LogP contribution in [0.3, 0.4) is 0 Å². The second-order valence-electron chi connectivity index (χ2n) is 3.46. The number of aryl methyl sites for hydroxylation is 1. The third kappa shape index (κ3) is 2.35. The number of halogens is 3. The number of Topliss-reactive ketones (excluding diaryl/α,β-unsaturated/α-hetero) is 1. The normalized spacial score (nSPS) is 11.6. The van der Waals surface area contributed by atoms with Gasteiger partial charge >= 0.3 is 6.18 Å². The lowest BCUT2D eigenvalue weighted by Crippen LogP contribution is -2.09. The topological polar surface area (TPSA) is 37.3 Å². The number of benzene rings is 1. The summed E-state index contributed by atoms with van der Waals surface area (Å²) in [5, 5.41) is 9.28. The van der Waals surface area contributed by atoms with Crippen molar-refractivity contribution in [3.05, 3.63) is 28.8 Å². The van der Waals surface area contributed by atoms with E-state index in [1.165, 1.54) is 13.0 Å². The summed E-state index contributed by atoms with van der Waals surface area (Å²) in [4.78, 5) is 11.3. The van der Waals surface area contributed by atoms with Crippen LogP contribution in [0.5, 0.6) is 5.75 Å². The molecule has 0 unspecified atom stereocenters. The number of phenols is 1. The monoisotopic (exact) mass is 232 g/mol. The third-order valence-corrected chi connectivity index (χ3v) is 2.25. The molecule has 2 nitrogen and oxygen atoms in total. The molecule has 5 heteroatoms. The highest BCUT2D eigenvalue weighted by Gasteiger charge is 2.35. The number of rotatable bonds is 2. The van der Waals surface area contributed by atoms with Crippen LogP contribution in [0.4, 0.5) is 13.2 Å². The highest BCUT2D eigenvalue weighted by Crippen LogP contribution is 2.38. The second kappa shape index (κ2) is 4.15. The molecular formula is C11H11F3O2. The van der Waals surface area contributed by atoms with E-state index in [-0.39, 0.29) is 23.3 Å². The zero-order valence-electron chi connectivity index (χ0n) is 8.85. The predicted octanol–water partition coefficient (Wildman–Crippen LogP) is 3.31. The van der Waals surface area contributed by atoms with Crippen molar-refractivity contribution in [2.45, 2.75) is 26.4 Å². The zero-order chi connectivity index (χ0) is 12.5. The first kappa shape index (κ1) is 12.5. The Labute approximate surface area is 90.7 Å². The van der Waals surface area contributed by atoms with E-state index in [2.05, 4.69) is 0 Å². The van der Waals surface area contributed by atoms with Crippen molar-refractivity contribution in [1.29, 1.82) is 0 Å². The Kier molecular flexibility index (Phi) is 3.26. The summed E-state index contributed by atoms with van der Waals surface area (Å²) in [6.07, 6.45) is -4.53. The SMILES string of the molecule is CCC(=O)c1cc(C)c(O)c(C(F)(F)F)c1. The Balaban J connectivity index is 3.39. The number of ketones is 1. The molecule has 0 amide bonds. The van der Waals surface area contributed by atoms with Gasteiger partial charge in [0.15, 0.2) is 5.78 Å². The fourth-order valence-corrected chi connectivity index (χ4v) is 1.36. The smallest absolute Gasteiger partial charge is 0.419 e. The van der Waals surface area contributed by atoms with Crippen LogP contribution in [0, 0.1) is 6.92 Å². The second-order valence-corrected chi connectivity index (χ2v) is 3.46. The highest BCUT2D eigenvalue weighted by atomic mass is 19.4. The summed E-state index contributed by atoms with van der Waals surface area (Å²) in [6, 6.07) is 1.95. The summed E-state index contributed by atoms with van der Waals surface area (Å²) in [5.74, 6) is -1.20. The third-order valence-electron chi connectivity index (χ3n) is 2.25. The molecule has 0 saturated carbocycles. The van der Waals surface area contributed by atoms with E-state index in [4.69, 9.17) is 0 Å². The summed E-state index contributed by atoms with van der Waals surface area (Å²) in [7, 11) is 0. The molecule has 1 aromatic carbocycles. The van der Waals surface area contributed by atoms with Gasteiger partial charge in [0.1, 0.15) is 5.75 Å². The fourth-order valence-electron chi connectivity index (χ4n) is 1.36. The van der Waals surface area contributed by atoms with E-state index >= 15 is 0 Å². The predicted molar refractivity (Wildman–Crippen MR) is 52.5 cm³/mol. The van der Waals surface area contributed by atoms with Crippen molar-refractivity contribution in [3.63, 3.8) is 0 Å². The van der Waals surface area contributed by atoms with Gasteiger partial charge in [0.2, 0.25) is 0 Å². The van der Waals surface area contributed by atoms with Crippen molar-refractivity contribution in [1.82, 2.24) is 0 Å². The van der Waals surface area contributed by atoms with Gasteiger partial charge in [0.05, 0.1) is 5.56 Å². The molecule has 0 heterocycles. The van der Waals surface area contributed by atoms with Gasteiger partial charge in [-0.25, -0.2) is 0 Å². The van der Waals surface area contributed by atoms with Crippen LogP contribution >= 0.6 is 0 Å². The summed E-state index contributed by atoms with van der Waals surface area (Å²) in [5.41, 5.74) is -1.14. The summed E-state index contributed by atoms with van der Waals surface area (Å²) in [6.45, 7) is 2.90. The van der Waals surface area contributed by atoms with E-state index < -0.39 is 17.5 Å². The molecule has 88 valence electrons. The first-order valence-corrected chi connectivity index (χ1v) is 4.71. The van der Waals surface area contributed by atoms with Crippen molar-refractivity contribution in [2.24, 2.45) is 0 Å². The highest BCUT2D eigenvalue weighted by molar-refractivity contribution is 5.96.